The van der Waals surface area contributed by atoms with Gasteiger partial charge >= 0.3 is 11.4 Å². The first-order valence-corrected chi connectivity index (χ1v) is 19.8. The Hall–Kier alpha value is -6.54. The number of rotatable bonds is 12. The molecule has 2 saturated carbocycles. The molecule has 14 nitrogen and oxygen atoms in total. The van der Waals surface area contributed by atoms with Crippen LogP contribution in [0.5, 0.6) is 0 Å². The summed E-state index contributed by atoms with van der Waals surface area (Å²) in [6.45, 7) is 0.297. The maximum Gasteiger partial charge on any atom is 0.331 e. The van der Waals surface area contributed by atoms with E-state index in [2.05, 4.69) is 22.8 Å². The standard InChI is InChI=1S/C44H48N8O6/c1-49-41(55)23-37(51(43(49)57)27-33-13-5-3-11-31(33)25-45)29-15-9-17-35(21-29)47-39(53)19-7-8-20-40(54)48-36-18-10-16-30(22-36)38-24-42(56)50(2)44(58)52(38)28-34-14-6-4-12-32(34)26-46/h3-8,11-14,23-24,29-30,35-36H,9-10,15-22,27-28H2,1-2H3,(H,47,53)(H,48,54)/b8-7-/t29?,30?,35-,36-/m1/s1. The van der Waals surface area contributed by atoms with Crippen LogP contribution in [-0.4, -0.2) is 42.2 Å². The molecule has 2 aliphatic carbocycles. The van der Waals surface area contributed by atoms with Gasteiger partial charge in [0.25, 0.3) is 11.1 Å². The van der Waals surface area contributed by atoms with Gasteiger partial charge in [0.1, 0.15) is 0 Å². The number of aromatic nitrogens is 4. The summed E-state index contributed by atoms with van der Waals surface area (Å²) < 4.78 is 5.25. The van der Waals surface area contributed by atoms with E-state index in [0.29, 0.717) is 46.5 Å². The van der Waals surface area contributed by atoms with Crippen LogP contribution in [0.15, 0.2) is 92.0 Å². The fourth-order valence-electron chi connectivity index (χ4n) is 8.38. The Morgan fingerprint density at radius 1 is 0.655 bits per heavy atom. The predicted molar refractivity (Wildman–Crippen MR) is 217 cm³/mol. The molecule has 0 spiro atoms. The van der Waals surface area contributed by atoms with E-state index in [9.17, 15) is 39.3 Å². The van der Waals surface area contributed by atoms with Gasteiger partial charge in [-0.25, -0.2) is 9.59 Å². The smallest absolute Gasteiger partial charge is 0.331 e. The van der Waals surface area contributed by atoms with Crippen molar-refractivity contribution in [3.8, 4) is 12.1 Å². The Morgan fingerprint density at radius 2 is 1.05 bits per heavy atom. The van der Waals surface area contributed by atoms with E-state index >= 15 is 0 Å². The second-order valence-electron chi connectivity index (χ2n) is 15.3. The molecule has 14 heteroatoms. The zero-order chi connectivity index (χ0) is 41.3. The van der Waals surface area contributed by atoms with Gasteiger partial charge in [0.15, 0.2) is 0 Å². The van der Waals surface area contributed by atoms with Crippen molar-refractivity contribution < 1.29 is 9.59 Å². The van der Waals surface area contributed by atoms with E-state index < -0.39 is 22.5 Å². The van der Waals surface area contributed by atoms with Crippen molar-refractivity contribution in [2.45, 2.75) is 101 Å². The third-order valence-corrected chi connectivity index (χ3v) is 11.5. The zero-order valence-corrected chi connectivity index (χ0v) is 32.9. The Bertz CT molecular complexity index is 2370. The first kappa shape index (κ1) is 41.1. The minimum atomic E-state index is -0.456. The molecule has 2 N–H and O–H groups in total. The Labute approximate surface area is 335 Å². The number of hydrogen-bond acceptors (Lipinski definition) is 8. The lowest BCUT2D eigenvalue weighted by atomic mass is 9.83. The first-order chi connectivity index (χ1) is 28.0. The lowest BCUT2D eigenvalue weighted by molar-refractivity contribution is -0.122. The van der Waals surface area contributed by atoms with Gasteiger partial charge < -0.3 is 10.6 Å². The maximum atomic E-state index is 13.3. The Morgan fingerprint density at radius 3 is 1.45 bits per heavy atom. The fourth-order valence-corrected chi connectivity index (χ4v) is 8.38. The second kappa shape index (κ2) is 18.6. The van der Waals surface area contributed by atoms with Crippen molar-refractivity contribution in [1.29, 1.82) is 10.5 Å². The molecule has 58 heavy (non-hydrogen) atoms. The topological polar surface area (TPSA) is 194 Å². The molecule has 300 valence electrons. The summed E-state index contributed by atoms with van der Waals surface area (Å²) in [5.41, 5.74) is 1.74. The van der Waals surface area contributed by atoms with Gasteiger partial charge in [0.2, 0.25) is 11.8 Å². The van der Waals surface area contributed by atoms with E-state index in [0.717, 1.165) is 47.7 Å². The minimum Gasteiger partial charge on any atom is -0.353 e. The van der Waals surface area contributed by atoms with Gasteiger partial charge in [-0.2, -0.15) is 10.5 Å². The highest BCUT2D eigenvalue weighted by atomic mass is 16.2. The van der Waals surface area contributed by atoms with E-state index in [-0.39, 0.29) is 61.7 Å². The molecule has 4 atom stereocenters. The molecule has 0 saturated heterocycles. The molecule has 2 amide bonds. The van der Waals surface area contributed by atoms with Crippen molar-refractivity contribution in [2.75, 3.05) is 0 Å². The lowest BCUT2D eigenvalue weighted by Gasteiger charge is -2.31. The number of benzene rings is 2. The van der Waals surface area contributed by atoms with E-state index in [4.69, 9.17) is 0 Å². The van der Waals surface area contributed by atoms with Crippen molar-refractivity contribution in [3.05, 3.63) is 148 Å². The number of nitrogens with zero attached hydrogens (tertiary/aromatic N) is 6. The molecule has 6 rings (SSSR count). The second-order valence-corrected chi connectivity index (χ2v) is 15.3. The third kappa shape index (κ3) is 9.52. The first-order valence-electron chi connectivity index (χ1n) is 19.8. The SMILES string of the molecule is Cn1c(=O)cc(C2CCC[C@@H](NC(=O)C/C=C\CC(=O)N[C@@H]3CCCC(c4cc(=O)n(C)c(=O)n4Cc4ccccc4C#N)C3)C2)n(Cc2ccccc2C#N)c1=O. The summed E-state index contributed by atoms with van der Waals surface area (Å²) in [6, 6.07) is 21.1. The quantitative estimate of drug-likeness (QED) is 0.204. The van der Waals surface area contributed by atoms with Crippen LogP contribution < -0.4 is 33.1 Å². The van der Waals surface area contributed by atoms with E-state index in [1.54, 1.807) is 69.8 Å². The summed E-state index contributed by atoms with van der Waals surface area (Å²) in [5.74, 6) is -0.680. The van der Waals surface area contributed by atoms with Crippen LogP contribution in [-0.2, 0) is 36.8 Å². The Kier molecular flexibility index (Phi) is 13.2. The molecule has 2 heterocycles. The minimum absolute atomic E-state index is 0.0803. The summed E-state index contributed by atoms with van der Waals surface area (Å²) in [4.78, 5) is 78.1. The van der Waals surface area contributed by atoms with Gasteiger partial charge in [-0.3, -0.25) is 37.4 Å². The van der Waals surface area contributed by atoms with Gasteiger partial charge in [-0.1, -0.05) is 61.4 Å². The Balaban J connectivity index is 1.03. The highest BCUT2D eigenvalue weighted by molar-refractivity contribution is 5.79. The molecule has 0 radical (unpaired) electrons. The van der Waals surface area contributed by atoms with Crippen LogP contribution in [0.4, 0.5) is 0 Å². The van der Waals surface area contributed by atoms with Crippen molar-refractivity contribution in [2.24, 2.45) is 14.1 Å². The average molecular weight is 785 g/mol. The fraction of sp³-hybridized carbons (Fsp3) is 0.409. The maximum absolute atomic E-state index is 13.3. The van der Waals surface area contributed by atoms with Gasteiger partial charge in [0.05, 0.1) is 36.4 Å². The molecule has 0 aliphatic heterocycles. The summed E-state index contributed by atoms with van der Waals surface area (Å²) in [7, 11) is 2.87. The van der Waals surface area contributed by atoms with Gasteiger partial charge in [-0.05, 0) is 61.8 Å². The largest absolute Gasteiger partial charge is 0.353 e. The summed E-state index contributed by atoms with van der Waals surface area (Å²) in [5, 5.41) is 25.4. The molecular weight excluding hydrogens is 737 g/mol. The van der Waals surface area contributed by atoms with Gasteiger partial charge in [0, 0.05) is 74.4 Å². The van der Waals surface area contributed by atoms with Crippen molar-refractivity contribution in [3.63, 3.8) is 0 Å². The van der Waals surface area contributed by atoms with Crippen LogP contribution in [0.2, 0.25) is 0 Å². The summed E-state index contributed by atoms with van der Waals surface area (Å²) in [6.07, 6.45) is 9.18. The van der Waals surface area contributed by atoms with Crippen LogP contribution in [0.1, 0.15) is 110 Å². The lowest BCUT2D eigenvalue weighted by Crippen LogP contribution is -2.42. The monoisotopic (exact) mass is 784 g/mol. The average Bonchev–Trinajstić information content (AvgIpc) is 3.23. The van der Waals surface area contributed by atoms with Crippen LogP contribution in [0.3, 0.4) is 0 Å². The molecule has 2 unspecified atom stereocenters. The number of nitrogens with one attached hydrogen (secondary N) is 2. The third-order valence-electron chi connectivity index (χ3n) is 11.5. The molecule has 2 aliphatic rings. The van der Waals surface area contributed by atoms with Crippen LogP contribution >= 0.6 is 0 Å². The molecule has 0 bridgehead atoms. The van der Waals surface area contributed by atoms with Gasteiger partial charge in [-0.15, -0.1) is 0 Å². The molecular formula is C44H48N8O6. The van der Waals surface area contributed by atoms with Crippen molar-refractivity contribution in [1.82, 2.24) is 28.9 Å². The molecule has 4 aromatic rings. The normalized spacial score (nSPS) is 19.2. The molecule has 2 aromatic carbocycles. The highest BCUT2D eigenvalue weighted by Gasteiger charge is 2.29. The number of nitriles is 2. The highest BCUT2D eigenvalue weighted by Crippen LogP contribution is 2.34. The number of carbonyl (C=O) groups is 2. The predicted octanol–water partition coefficient (Wildman–Crippen LogP) is 3.57. The van der Waals surface area contributed by atoms with Crippen molar-refractivity contribution >= 4 is 11.8 Å². The zero-order valence-electron chi connectivity index (χ0n) is 32.9. The number of hydrogen-bond donors (Lipinski definition) is 2. The molecule has 2 aromatic heterocycles. The molecule has 2 fully saturated rings. The van der Waals surface area contributed by atoms with E-state index in [1.807, 2.05) is 0 Å². The summed E-state index contributed by atoms with van der Waals surface area (Å²) >= 11 is 0. The van der Waals surface area contributed by atoms with E-state index in [1.165, 1.54) is 26.2 Å². The van der Waals surface area contributed by atoms with Crippen LogP contribution in [0, 0.1) is 22.7 Å². The van der Waals surface area contributed by atoms with Crippen LogP contribution in [0.25, 0.3) is 0 Å². The number of amides is 2. The number of carbonyl (C=O) groups excluding carboxylic acids is 2.